The first-order chi connectivity index (χ1) is 16.9. The molecular weight excluding hydrogens is 440 g/mol. The van der Waals surface area contributed by atoms with Gasteiger partial charge in [-0.2, -0.15) is 0 Å². The number of carboxylic acids is 1. The van der Waals surface area contributed by atoms with Gasteiger partial charge in [0.05, 0.1) is 17.8 Å². The molecule has 0 saturated heterocycles. The van der Waals surface area contributed by atoms with Crippen LogP contribution in [-0.4, -0.2) is 38.8 Å². The van der Waals surface area contributed by atoms with E-state index in [0.717, 1.165) is 18.6 Å². The van der Waals surface area contributed by atoms with Crippen LogP contribution in [0.15, 0.2) is 60.9 Å². The smallest absolute Gasteiger partial charge is 0.339 e. The van der Waals surface area contributed by atoms with Gasteiger partial charge in [0, 0.05) is 30.3 Å². The fourth-order valence-corrected chi connectivity index (χ4v) is 4.36. The van der Waals surface area contributed by atoms with Gasteiger partial charge in [0.1, 0.15) is 12.4 Å². The van der Waals surface area contributed by atoms with Crippen LogP contribution in [0.3, 0.4) is 0 Å². The number of para-hydroxylation sites is 2. The standard InChI is InChI=1S/C28H32N4O3/c1-19(2)21-10-5-7-14-26(21)35-16-15-29-28-30-17-23(27(33)34)24(31-28)12-8-9-20-18-32(3)25-13-6-4-11-22(20)25/h4-7,10-11,13-14,17-19H,8-9,12,15-16H2,1-3H3,(H,33,34)(H,29,30,31). The van der Waals surface area contributed by atoms with Crippen LogP contribution in [0, 0.1) is 0 Å². The summed E-state index contributed by atoms with van der Waals surface area (Å²) in [5.41, 5.74) is 4.31. The quantitative estimate of drug-likeness (QED) is 0.282. The van der Waals surface area contributed by atoms with Crippen molar-refractivity contribution in [2.75, 3.05) is 18.5 Å². The molecule has 0 aliphatic carbocycles. The summed E-state index contributed by atoms with van der Waals surface area (Å²) in [6.07, 6.45) is 5.73. The molecule has 4 rings (SSSR count). The van der Waals surface area contributed by atoms with Crippen molar-refractivity contribution < 1.29 is 14.6 Å². The zero-order chi connectivity index (χ0) is 24.8. The Hall–Kier alpha value is -3.87. The fraction of sp³-hybridized carbons (Fsp3) is 0.321. The summed E-state index contributed by atoms with van der Waals surface area (Å²) in [6, 6.07) is 16.3. The van der Waals surface area contributed by atoms with Gasteiger partial charge in [-0.3, -0.25) is 0 Å². The topological polar surface area (TPSA) is 89.3 Å². The molecule has 0 aliphatic heterocycles. The first kappa shape index (κ1) is 24.3. The number of aromatic carboxylic acids is 1. The van der Waals surface area contributed by atoms with Gasteiger partial charge in [-0.25, -0.2) is 14.8 Å². The zero-order valence-corrected chi connectivity index (χ0v) is 20.5. The molecule has 0 spiro atoms. The Kier molecular flexibility index (Phi) is 7.65. The summed E-state index contributed by atoms with van der Waals surface area (Å²) < 4.78 is 8.08. The second-order valence-electron chi connectivity index (χ2n) is 8.96. The Morgan fingerprint density at radius 2 is 1.89 bits per heavy atom. The van der Waals surface area contributed by atoms with E-state index in [1.807, 2.05) is 37.4 Å². The van der Waals surface area contributed by atoms with E-state index in [1.165, 1.54) is 28.2 Å². The summed E-state index contributed by atoms with van der Waals surface area (Å²) in [4.78, 5) is 20.4. The number of rotatable bonds is 11. The highest BCUT2D eigenvalue weighted by molar-refractivity contribution is 5.88. The highest BCUT2D eigenvalue weighted by atomic mass is 16.5. The lowest BCUT2D eigenvalue weighted by Gasteiger charge is -2.14. The molecule has 7 heteroatoms. The summed E-state index contributed by atoms with van der Waals surface area (Å²) in [5.74, 6) is 0.657. The molecule has 0 atom stereocenters. The van der Waals surface area contributed by atoms with Crippen molar-refractivity contribution in [3.63, 3.8) is 0 Å². The Labute approximate surface area is 205 Å². The number of hydrogen-bond donors (Lipinski definition) is 2. The van der Waals surface area contributed by atoms with Gasteiger partial charge in [0.25, 0.3) is 0 Å². The maximum atomic E-state index is 11.7. The monoisotopic (exact) mass is 472 g/mol. The largest absolute Gasteiger partial charge is 0.491 e. The molecule has 2 heterocycles. The minimum atomic E-state index is -1.01. The number of nitrogens with one attached hydrogen (secondary N) is 1. The predicted molar refractivity (Wildman–Crippen MR) is 138 cm³/mol. The van der Waals surface area contributed by atoms with Crippen LogP contribution in [0.1, 0.15) is 53.4 Å². The normalized spacial score (nSPS) is 11.2. The molecule has 0 amide bonds. The van der Waals surface area contributed by atoms with Crippen LogP contribution in [0.25, 0.3) is 10.9 Å². The van der Waals surface area contributed by atoms with Crippen LogP contribution < -0.4 is 10.1 Å². The fourth-order valence-electron chi connectivity index (χ4n) is 4.36. The van der Waals surface area contributed by atoms with E-state index in [2.05, 4.69) is 58.1 Å². The maximum Gasteiger partial charge on any atom is 0.339 e. The van der Waals surface area contributed by atoms with Crippen molar-refractivity contribution in [1.29, 1.82) is 0 Å². The second kappa shape index (κ2) is 11.0. The summed E-state index contributed by atoms with van der Waals surface area (Å²) in [5, 5.41) is 14.0. The summed E-state index contributed by atoms with van der Waals surface area (Å²) >= 11 is 0. The molecule has 7 nitrogen and oxygen atoms in total. The zero-order valence-electron chi connectivity index (χ0n) is 20.5. The second-order valence-corrected chi connectivity index (χ2v) is 8.96. The first-order valence-corrected chi connectivity index (χ1v) is 12.0. The third-order valence-corrected chi connectivity index (χ3v) is 6.12. The van der Waals surface area contributed by atoms with Gasteiger partial charge in [-0.15, -0.1) is 0 Å². The lowest BCUT2D eigenvalue weighted by Crippen LogP contribution is -2.16. The van der Waals surface area contributed by atoms with Crippen LogP contribution in [0.5, 0.6) is 5.75 Å². The third-order valence-electron chi connectivity index (χ3n) is 6.12. The lowest BCUT2D eigenvalue weighted by atomic mass is 10.0. The Bertz CT molecular complexity index is 1310. The van der Waals surface area contributed by atoms with Crippen molar-refractivity contribution in [2.45, 2.75) is 39.0 Å². The van der Waals surface area contributed by atoms with Gasteiger partial charge in [0.15, 0.2) is 0 Å². The van der Waals surface area contributed by atoms with E-state index in [-0.39, 0.29) is 5.56 Å². The summed E-state index contributed by atoms with van der Waals surface area (Å²) in [6.45, 7) is 5.23. The number of carboxylic acid groups (broad SMARTS) is 1. The van der Waals surface area contributed by atoms with Crippen LogP contribution in [0.4, 0.5) is 5.95 Å². The van der Waals surface area contributed by atoms with Gasteiger partial charge < -0.3 is 19.7 Å². The number of fused-ring (bicyclic) bond motifs is 1. The average Bonchev–Trinajstić information content (AvgIpc) is 3.17. The number of aryl methyl sites for hydroxylation is 3. The van der Waals surface area contributed by atoms with E-state index in [9.17, 15) is 9.90 Å². The van der Waals surface area contributed by atoms with Gasteiger partial charge >= 0.3 is 5.97 Å². The van der Waals surface area contributed by atoms with Crippen LogP contribution in [0.2, 0.25) is 0 Å². The SMILES string of the molecule is CC(C)c1ccccc1OCCNc1ncc(C(=O)O)c(CCCc2cn(C)c3ccccc23)n1. The molecule has 0 unspecified atom stereocenters. The molecule has 0 fully saturated rings. The Morgan fingerprint density at radius 3 is 2.69 bits per heavy atom. The van der Waals surface area contributed by atoms with Crippen molar-refractivity contribution in [1.82, 2.24) is 14.5 Å². The lowest BCUT2D eigenvalue weighted by molar-refractivity contribution is 0.0694. The number of ether oxygens (including phenoxy) is 1. The molecule has 0 radical (unpaired) electrons. The van der Waals surface area contributed by atoms with Crippen molar-refractivity contribution >= 4 is 22.8 Å². The Balaban J connectivity index is 1.37. The molecule has 35 heavy (non-hydrogen) atoms. The predicted octanol–water partition coefficient (Wildman–Crippen LogP) is 5.46. The molecule has 2 N–H and O–H groups in total. The van der Waals surface area contributed by atoms with E-state index < -0.39 is 5.97 Å². The van der Waals surface area contributed by atoms with Gasteiger partial charge in [0.2, 0.25) is 5.95 Å². The minimum Gasteiger partial charge on any atom is -0.491 e. The van der Waals surface area contributed by atoms with Crippen molar-refractivity contribution in [2.24, 2.45) is 7.05 Å². The molecule has 0 saturated carbocycles. The van der Waals surface area contributed by atoms with Crippen LogP contribution in [-0.2, 0) is 19.9 Å². The number of carbonyl (C=O) groups is 1. The number of aromatic nitrogens is 3. The molecule has 0 aliphatic rings. The molecule has 0 bridgehead atoms. The molecule has 182 valence electrons. The highest BCUT2D eigenvalue weighted by Crippen LogP contribution is 2.26. The summed E-state index contributed by atoms with van der Waals surface area (Å²) in [7, 11) is 2.04. The first-order valence-electron chi connectivity index (χ1n) is 12.0. The molecule has 4 aromatic rings. The Morgan fingerprint density at radius 1 is 1.11 bits per heavy atom. The number of nitrogens with zero attached hydrogens (tertiary/aromatic N) is 3. The van der Waals surface area contributed by atoms with Gasteiger partial charge in [-0.05, 0) is 48.4 Å². The van der Waals surface area contributed by atoms with E-state index in [1.54, 1.807) is 0 Å². The number of anilines is 1. The van der Waals surface area contributed by atoms with Crippen molar-refractivity contribution in [3.05, 3.63) is 83.3 Å². The number of benzene rings is 2. The number of hydrogen-bond acceptors (Lipinski definition) is 5. The van der Waals surface area contributed by atoms with Crippen molar-refractivity contribution in [3.8, 4) is 5.75 Å². The van der Waals surface area contributed by atoms with Gasteiger partial charge in [-0.1, -0.05) is 50.2 Å². The molecule has 2 aromatic heterocycles. The minimum absolute atomic E-state index is 0.149. The third kappa shape index (κ3) is 5.80. The van der Waals surface area contributed by atoms with E-state index in [4.69, 9.17) is 4.74 Å². The molecular formula is C28H32N4O3. The van der Waals surface area contributed by atoms with E-state index in [0.29, 0.717) is 37.1 Å². The van der Waals surface area contributed by atoms with E-state index >= 15 is 0 Å². The maximum absolute atomic E-state index is 11.7. The average molecular weight is 473 g/mol. The highest BCUT2D eigenvalue weighted by Gasteiger charge is 2.14. The molecule has 2 aromatic carbocycles. The van der Waals surface area contributed by atoms with Crippen LogP contribution >= 0.6 is 0 Å².